The van der Waals surface area contributed by atoms with Crippen molar-refractivity contribution in [3.63, 3.8) is 0 Å². The molecular formula is C15H19IN2OS. The van der Waals surface area contributed by atoms with Crippen LogP contribution in [0.4, 0.5) is 0 Å². The molecule has 5 heteroatoms. The molecule has 0 N–H and O–H groups in total. The minimum Gasteiger partial charge on any atom is -1.00 e. The average Bonchev–Trinajstić information content (AvgIpc) is 2.84. The average molecular weight is 402 g/mol. The lowest BCUT2D eigenvalue weighted by atomic mass is 9.86. The van der Waals surface area contributed by atoms with Gasteiger partial charge in [0.25, 0.3) is 0 Å². The first-order valence-corrected chi connectivity index (χ1v) is 7.41. The van der Waals surface area contributed by atoms with Crippen LogP contribution in [0.3, 0.4) is 0 Å². The first-order chi connectivity index (χ1) is 8.90. The summed E-state index contributed by atoms with van der Waals surface area (Å²) in [6, 6.07) is 8.32. The molecule has 1 aromatic carbocycles. The molecule has 1 atom stereocenters. The number of ether oxygens (including phenoxy) is 1. The molecule has 4 heterocycles. The fraction of sp³-hybridized carbons (Fsp3) is 0.467. The Labute approximate surface area is 141 Å². The number of hydrogen-bond donors (Lipinski definition) is 0. The van der Waals surface area contributed by atoms with Crippen molar-refractivity contribution in [3.8, 4) is 5.88 Å². The molecule has 2 aromatic rings. The fourth-order valence-electron chi connectivity index (χ4n) is 3.14. The third-order valence-electron chi connectivity index (χ3n) is 4.20. The number of fused-ring (bicyclic) bond motifs is 4. The van der Waals surface area contributed by atoms with Crippen LogP contribution in [0.5, 0.6) is 5.88 Å². The minimum atomic E-state index is 0. The molecule has 3 aliphatic rings. The smallest absolute Gasteiger partial charge is 0.233 e. The number of benzene rings is 1. The van der Waals surface area contributed by atoms with Crippen LogP contribution in [0, 0.1) is 13.3 Å². The molecule has 1 aromatic heterocycles. The van der Waals surface area contributed by atoms with Crippen molar-refractivity contribution in [3.05, 3.63) is 31.7 Å². The molecular weight excluding hydrogens is 383 g/mol. The summed E-state index contributed by atoms with van der Waals surface area (Å²) in [5.41, 5.74) is 0. The summed E-state index contributed by atoms with van der Waals surface area (Å²) in [6.07, 6.45) is 2.91. The van der Waals surface area contributed by atoms with E-state index in [4.69, 9.17) is 4.74 Å². The number of hydrogen-bond acceptors (Lipinski definition) is 4. The SMILES string of the molecule is [CH3+].[I-].c1ccc2c(OC3CN4CCC3CC4)nsc2c1. The van der Waals surface area contributed by atoms with Crippen LogP contribution in [0.15, 0.2) is 24.3 Å². The predicted molar refractivity (Wildman–Crippen MR) is 79.6 cm³/mol. The summed E-state index contributed by atoms with van der Waals surface area (Å²) in [5.74, 6) is 1.57. The fourth-order valence-corrected chi connectivity index (χ4v) is 3.85. The highest BCUT2D eigenvalue weighted by molar-refractivity contribution is 7.13. The Morgan fingerprint density at radius 2 is 1.95 bits per heavy atom. The summed E-state index contributed by atoms with van der Waals surface area (Å²) in [4.78, 5) is 2.51. The van der Waals surface area contributed by atoms with Gasteiger partial charge in [-0.25, -0.2) is 0 Å². The van der Waals surface area contributed by atoms with Gasteiger partial charge in [0.15, 0.2) is 0 Å². The lowest BCUT2D eigenvalue weighted by molar-refractivity contribution is -0.00871. The maximum Gasteiger partial charge on any atom is 0.233 e. The zero-order valence-electron chi connectivity index (χ0n) is 11.6. The lowest BCUT2D eigenvalue weighted by Gasteiger charge is -2.44. The highest BCUT2D eigenvalue weighted by Crippen LogP contribution is 2.34. The van der Waals surface area contributed by atoms with E-state index < -0.39 is 0 Å². The van der Waals surface area contributed by atoms with Crippen molar-refractivity contribution in [2.24, 2.45) is 5.92 Å². The van der Waals surface area contributed by atoms with Crippen molar-refractivity contribution < 1.29 is 28.7 Å². The number of aromatic nitrogens is 1. The third-order valence-corrected chi connectivity index (χ3v) is 5.01. The Bertz CT molecular complexity index is 566. The summed E-state index contributed by atoms with van der Waals surface area (Å²) >= 11 is 1.53. The van der Waals surface area contributed by atoms with Gasteiger partial charge in [-0.05, 0) is 55.5 Å². The van der Waals surface area contributed by atoms with Crippen LogP contribution in [0.25, 0.3) is 10.1 Å². The van der Waals surface area contributed by atoms with E-state index in [2.05, 4.69) is 33.5 Å². The molecule has 3 saturated heterocycles. The van der Waals surface area contributed by atoms with E-state index >= 15 is 0 Å². The highest BCUT2D eigenvalue weighted by atomic mass is 127. The predicted octanol–water partition coefficient (Wildman–Crippen LogP) is 0.224. The van der Waals surface area contributed by atoms with Crippen molar-refractivity contribution >= 4 is 21.6 Å². The van der Waals surface area contributed by atoms with E-state index in [1.807, 2.05) is 0 Å². The molecule has 108 valence electrons. The Morgan fingerprint density at radius 3 is 2.65 bits per heavy atom. The lowest BCUT2D eigenvalue weighted by Crippen LogP contribution is -3.00. The summed E-state index contributed by atoms with van der Waals surface area (Å²) in [6.45, 7) is 3.58. The Hall–Kier alpha value is -0.530. The monoisotopic (exact) mass is 402 g/mol. The van der Waals surface area contributed by atoms with Crippen LogP contribution in [-0.4, -0.2) is 35.0 Å². The Kier molecular flexibility index (Phi) is 5.14. The second-order valence-corrected chi connectivity index (χ2v) is 6.08. The molecule has 20 heavy (non-hydrogen) atoms. The van der Waals surface area contributed by atoms with Gasteiger partial charge < -0.3 is 28.7 Å². The number of piperidine rings is 3. The Morgan fingerprint density at radius 1 is 1.20 bits per heavy atom. The van der Waals surface area contributed by atoms with E-state index in [9.17, 15) is 0 Å². The number of rotatable bonds is 2. The largest absolute Gasteiger partial charge is 1.00 e. The van der Waals surface area contributed by atoms with Gasteiger partial charge in [-0.1, -0.05) is 12.1 Å². The maximum atomic E-state index is 6.20. The standard InChI is InChI=1S/C14H16N2OS.CH3.HI/c1-2-4-13-11(3-1)14(15-18-13)17-12-9-16-7-5-10(12)6-8-16;;/h1-4,10,12H,5-9H2;1H3;1H/q;+1;/p-1. The summed E-state index contributed by atoms with van der Waals surface area (Å²) < 4.78 is 11.9. The van der Waals surface area contributed by atoms with Gasteiger partial charge in [0.1, 0.15) is 6.10 Å². The van der Waals surface area contributed by atoms with E-state index in [0.717, 1.165) is 18.3 Å². The van der Waals surface area contributed by atoms with Crippen molar-refractivity contribution in [2.45, 2.75) is 18.9 Å². The second kappa shape index (κ2) is 6.49. The molecule has 5 rings (SSSR count). The highest BCUT2D eigenvalue weighted by Gasteiger charge is 2.36. The molecule has 2 bridgehead atoms. The molecule has 3 aliphatic heterocycles. The van der Waals surface area contributed by atoms with E-state index in [1.54, 1.807) is 0 Å². The first-order valence-electron chi connectivity index (χ1n) is 6.63. The maximum absolute atomic E-state index is 6.20. The van der Waals surface area contributed by atoms with Crippen LogP contribution < -0.4 is 28.7 Å². The minimum absolute atomic E-state index is 0. The summed E-state index contributed by atoms with van der Waals surface area (Å²) in [7, 11) is 0. The zero-order chi connectivity index (χ0) is 11.9. The molecule has 3 fully saturated rings. The van der Waals surface area contributed by atoms with Gasteiger partial charge in [-0.2, -0.15) is 4.37 Å². The quantitative estimate of drug-likeness (QED) is 0.531. The van der Waals surface area contributed by atoms with Crippen LogP contribution in [0.1, 0.15) is 12.8 Å². The van der Waals surface area contributed by atoms with Crippen molar-refractivity contribution in [2.75, 3.05) is 19.6 Å². The molecule has 0 amide bonds. The normalized spacial score (nSPS) is 27.7. The molecule has 3 nitrogen and oxygen atoms in total. The third kappa shape index (κ3) is 2.76. The van der Waals surface area contributed by atoms with E-state index in [0.29, 0.717) is 6.10 Å². The zero-order valence-corrected chi connectivity index (χ0v) is 14.6. The van der Waals surface area contributed by atoms with Crippen LogP contribution >= 0.6 is 11.5 Å². The Balaban J connectivity index is 0.000000735. The van der Waals surface area contributed by atoms with Gasteiger partial charge in [-0.3, -0.25) is 4.90 Å². The van der Waals surface area contributed by atoms with Gasteiger partial charge >= 0.3 is 0 Å². The van der Waals surface area contributed by atoms with Gasteiger partial charge in [0.05, 0.1) is 10.1 Å². The molecule has 0 aliphatic carbocycles. The van der Waals surface area contributed by atoms with Gasteiger partial charge in [-0.15, -0.1) is 0 Å². The molecule has 1 unspecified atom stereocenters. The van der Waals surface area contributed by atoms with Gasteiger partial charge in [0, 0.05) is 14.0 Å². The number of halogens is 1. The molecule has 0 saturated carbocycles. The first kappa shape index (κ1) is 15.9. The van der Waals surface area contributed by atoms with E-state index in [-0.39, 0.29) is 31.4 Å². The number of nitrogens with zero attached hydrogens (tertiary/aromatic N) is 2. The van der Waals surface area contributed by atoms with Crippen LogP contribution in [0.2, 0.25) is 0 Å². The molecule has 0 spiro atoms. The van der Waals surface area contributed by atoms with Crippen LogP contribution in [-0.2, 0) is 0 Å². The van der Waals surface area contributed by atoms with Crippen molar-refractivity contribution in [1.29, 1.82) is 0 Å². The van der Waals surface area contributed by atoms with Crippen molar-refractivity contribution in [1.82, 2.24) is 9.27 Å². The summed E-state index contributed by atoms with van der Waals surface area (Å²) in [5, 5.41) is 1.17. The van der Waals surface area contributed by atoms with Gasteiger partial charge in [0.2, 0.25) is 5.88 Å². The van der Waals surface area contributed by atoms with E-state index in [1.165, 1.54) is 47.5 Å². The second-order valence-electron chi connectivity index (χ2n) is 5.28. The molecule has 0 radical (unpaired) electrons. The topological polar surface area (TPSA) is 25.4 Å².